The third kappa shape index (κ3) is 1.79. The Morgan fingerprint density at radius 2 is 2.42 bits per heavy atom. The fourth-order valence-corrected chi connectivity index (χ4v) is 0.842. The predicted octanol–water partition coefficient (Wildman–Crippen LogP) is 0.247. The van der Waals surface area contributed by atoms with Crippen LogP contribution in [0.5, 0.6) is 0 Å². The maximum absolute atomic E-state index is 10.9. The van der Waals surface area contributed by atoms with Crippen LogP contribution in [0.15, 0.2) is 18.3 Å². The minimum Gasteiger partial charge on any atom is -0.289 e. The molecule has 0 fully saturated rings. The van der Waals surface area contributed by atoms with E-state index in [0.29, 0.717) is 5.69 Å². The number of amides is 1. The molecule has 4 nitrogen and oxygen atoms in total. The Kier molecular flexibility index (Phi) is 2.76. The van der Waals surface area contributed by atoms with E-state index in [4.69, 9.17) is 5.84 Å². The molecule has 0 radical (unpaired) electrons. The van der Waals surface area contributed by atoms with Gasteiger partial charge in [-0.3, -0.25) is 15.2 Å². The summed E-state index contributed by atoms with van der Waals surface area (Å²) in [4.78, 5) is 14.8. The Morgan fingerprint density at radius 3 is 2.83 bits per heavy atom. The van der Waals surface area contributed by atoms with E-state index in [1.807, 2.05) is 18.4 Å². The van der Waals surface area contributed by atoms with Gasteiger partial charge in [0.2, 0.25) is 0 Å². The molecule has 3 N–H and O–H groups in total. The van der Waals surface area contributed by atoms with Gasteiger partial charge in [-0.25, -0.2) is 5.84 Å². The summed E-state index contributed by atoms with van der Waals surface area (Å²) in [7, 11) is 0. The summed E-state index contributed by atoms with van der Waals surface area (Å²) in [5.41, 5.74) is 3.46. The number of hydrogen-bond donors (Lipinski definition) is 2. The standard InChI is InChI=1S/C8H11N3O/c1-2-6-3-4-7(10-5-6)8(12)11-9/h3-5H,2,9H2,1H3,(H,11,12). The number of hydrogen-bond acceptors (Lipinski definition) is 3. The lowest BCUT2D eigenvalue weighted by Gasteiger charge is -1.99. The number of aryl methyl sites for hydroxylation is 1. The van der Waals surface area contributed by atoms with Crippen molar-refractivity contribution in [1.82, 2.24) is 10.4 Å². The SMILES string of the molecule is CCc1ccc(C(=O)NN)nc1. The van der Waals surface area contributed by atoms with Gasteiger partial charge in [0.05, 0.1) is 0 Å². The van der Waals surface area contributed by atoms with E-state index in [-0.39, 0.29) is 5.91 Å². The highest BCUT2D eigenvalue weighted by atomic mass is 16.2. The van der Waals surface area contributed by atoms with Gasteiger partial charge >= 0.3 is 0 Å². The van der Waals surface area contributed by atoms with Gasteiger partial charge in [-0.1, -0.05) is 13.0 Å². The average molecular weight is 165 g/mol. The molecule has 0 bridgehead atoms. The van der Waals surface area contributed by atoms with Crippen molar-refractivity contribution in [3.05, 3.63) is 29.6 Å². The van der Waals surface area contributed by atoms with Gasteiger partial charge < -0.3 is 0 Å². The molecule has 0 saturated carbocycles. The normalized spacial score (nSPS) is 9.50. The van der Waals surface area contributed by atoms with E-state index >= 15 is 0 Å². The first-order chi connectivity index (χ1) is 5.77. The maximum atomic E-state index is 10.9. The first-order valence-corrected chi connectivity index (χ1v) is 3.73. The van der Waals surface area contributed by atoms with E-state index in [2.05, 4.69) is 4.98 Å². The van der Waals surface area contributed by atoms with E-state index in [1.54, 1.807) is 12.3 Å². The number of pyridine rings is 1. The van der Waals surface area contributed by atoms with Gasteiger partial charge in [-0.05, 0) is 18.1 Å². The summed E-state index contributed by atoms with van der Waals surface area (Å²) in [6.07, 6.45) is 2.59. The molecule has 1 aromatic rings. The highest BCUT2D eigenvalue weighted by Gasteiger charge is 2.02. The number of nitrogens with two attached hydrogens (primary N) is 1. The van der Waals surface area contributed by atoms with Crippen molar-refractivity contribution in [2.45, 2.75) is 13.3 Å². The van der Waals surface area contributed by atoms with Crippen LogP contribution in [0.1, 0.15) is 23.0 Å². The summed E-state index contributed by atoms with van der Waals surface area (Å²) < 4.78 is 0. The second-order valence-electron chi connectivity index (χ2n) is 2.38. The topological polar surface area (TPSA) is 68.0 Å². The molecule has 0 spiro atoms. The number of nitrogens with one attached hydrogen (secondary N) is 1. The van der Waals surface area contributed by atoms with E-state index in [1.165, 1.54) is 0 Å². The Labute approximate surface area is 70.8 Å². The van der Waals surface area contributed by atoms with Crippen LogP contribution in [-0.2, 0) is 6.42 Å². The molecule has 12 heavy (non-hydrogen) atoms. The Balaban J connectivity index is 2.84. The fourth-order valence-electron chi connectivity index (χ4n) is 0.842. The van der Waals surface area contributed by atoms with Crippen molar-refractivity contribution in [1.29, 1.82) is 0 Å². The number of carbonyl (C=O) groups is 1. The summed E-state index contributed by atoms with van der Waals surface area (Å²) in [5.74, 6) is 4.57. The zero-order valence-corrected chi connectivity index (χ0v) is 6.87. The maximum Gasteiger partial charge on any atom is 0.283 e. The molecule has 0 saturated heterocycles. The second kappa shape index (κ2) is 3.82. The van der Waals surface area contributed by atoms with E-state index in [0.717, 1.165) is 12.0 Å². The molecule has 4 heteroatoms. The van der Waals surface area contributed by atoms with Crippen LogP contribution in [0, 0.1) is 0 Å². The largest absolute Gasteiger partial charge is 0.289 e. The van der Waals surface area contributed by atoms with Gasteiger partial charge in [0.15, 0.2) is 0 Å². The first-order valence-electron chi connectivity index (χ1n) is 3.73. The predicted molar refractivity (Wildman–Crippen MR) is 45.3 cm³/mol. The van der Waals surface area contributed by atoms with Crippen molar-refractivity contribution in [3.63, 3.8) is 0 Å². The van der Waals surface area contributed by atoms with Crippen molar-refractivity contribution < 1.29 is 4.79 Å². The molecule has 0 atom stereocenters. The Hall–Kier alpha value is -1.42. The molecule has 1 heterocycles. The molecule has 0 aliphatic rings. The number of nitrogen functional groups attached to an aromatic ring is 1. The molecule has 0 aliphatic heterocycles. The number of rotatable bonds is 2. The summed E-state index contributed by atoms with van der Waals surface area (Å²) in [6, 6.07) is 3.51. The fraction of sp³-hybridized carbons (Fsp3) is 0.250. The third-order valence-electron chi connectivity index (χ3n) is 1.60. The Bertz CT molecular complexity index is 268. The molecule has 1 amide bonds. The zero-order chi connectivity index (χ0) is 8.97. The monoisotopic (exact) mass is 165 g/mol. The van der Waals surface area contributed by atoms with Crippen LogP contribution in [-0.4, -0.2) is 10.9 Å². The number of nitrogens with zero attached hydrogens (tertiary/aromatic N) is 1. The Morgan fingerprint density at radius 1 is 1.67 bits per heavy atom. The highest BCUT2D eigenvalue weighted by molar-refractivity contribution is 5.91. The van der Waals surface area contributed by atoms with Crippen molar-refractivity contribution >= 4 is 5.91 Å². The lowest BCUT2D eigenvalue weighted by molar-refractivity contribution is 0.0948. The van der Waals surface area contributed by atoms with Gasteiger partial charge in [0.25, 0.3) is 5.91 Å². The molecule has 0 unspecified atom stereocenters. The molecule has 1 aromatic heterocycles. The summed E-state index contributed by atoms with van der Waals surface area (Å²) in [6.45, 7) is 2.03. The van der Waals surface area contributed by atoms with E-state index < -0.39 is 0 Å². The van der Waals surface area contributed by atoms with Gasteiger partial charge in [0, 0.05) is 6.20 Å². The summed E-state index contributed by atoms with van der Waals surface area (Å²) in [5, 5.41) is 0. The van der Waals surface area contributed by atoms with Gasteiger partial charge in [0.1, 0.15) is 5.69 Å². The van der Waals surface area contributed by atoms with Crippen molar-refractivity contribution in [3.8, 4) is 0 Å². The number of carbonyl (C=O) groups excluding carboxylic acids is 1. The van der Waals surface area contributed by atoms with Crippen LogP contribution in [0.2, 0.25) is 0 Å². The molecule has 0 aromatic carbocycles. The lowest BCUT2D eigenvalue weighted by atomic mass is 10.2. The molecule has 64 valence electrons. The molecular formula is C8H11N3O. The number of aromatic nitrogens is 1. The third-order valence-corrected chi connectivity index (χ3v) is 1.60. The molecular weight excluding hydrogens is 154 g/mol. The van der Waals surface area contributed by atoms with Gasteiger partial charge in [-0.2, -0.15) is 0 Å². The van der Waals surface area contributed by atoms with Gasteiger partial charge in [-0.15, -0.1) is 0 Å². The van der Waals surface area contributed by atoms with Crippen LogP contribution in [0.3, 0.4) is 0 Å². The number of hydrazine groups is 1. The smallest absolute Gasteiger partial charge is 0.283 e. The zero-order valence-electron chi connectivity index (χ0n) is 6.87. The lowest BCUT2D eigenvalue weighted by Crippen LogP contribution is -2.30. The molecule has 1 rings (SSSR count). The van der Waals surface area contributed by atoms with Crippen molar-refractivity contribution in [2.75, 3.05) is 0 Å². The second-order valence-corrected chi connectivity index (χ2v) is 2.38. The quantitative estimate of drug-likeness (QED) is 0.375. The minimum absolute atomic E-state index is 0.342. The van der Waals surface area contributed by atoms with Crippen LogP contribution >= 0.6 is 0 Å². The van der Waals surface area contributed by atoms with Crippen LogP contribution in [0.4, 0.5) is 0 Å². The molecule has 0 aliphatic carbocycles. The summed E-state index contributed by atoms with van der Waals surface area (Å²) >= 11 is 0. The first kappa shape index (κ1) is 8.67. The average Bonchev–Trinajstić information content (AvgIpc) is 2.17. The minimum atomic E-state index is -0.363. The van der Waals surface area contributed by atoms with Crippen LogP contribution in [0.25, 0.3) is 0 Å². The highest BCUT2D eigenvalue weighted by Crippen LogP contribution is 2.00. The van der Waals surface area contributed by atoms with E-state index in [9.17, 15) is 4.79 Å². The van der Waals surface area contributed by atoms with Crippen molar-refractivity contribution in [2.24, 2.45) is 5.84 Å². The van der Waals surface area contributed by atoms with Crippen LogP contribution < -0.4 is 11.3 Å².